The second-order valence-corrected chi connectivity index (χ2v) is 11.9. The Morgan fingerprint density at radius 3 is 1.36 bits per heavy atom. The van der Waals surface area contributed by atoms with Crippen molar-refractivity contribution in [1.82, 2.24) is 9.96 Å². The predicted octanol–water partition coefficient (Wildman–Crippen LogP) is 0.845. The maximum atomic E-state index is 5.98. The van der Waals surface area contributed by atoms with Crippen molar-refractivity contribution in [2.24, 2.45) is 0 Å². The molecule has 0 rings (SSSR count). The molecule has 0 fully saturated rings. The van der Waals surface area contributed by atoms with Gasteiger partial charge in [-0.25, -0.2) is 0 Å². The van der Waals surface area contributed by atoms with E-state index in [1.807, 2.05) is 14.1 Å². The maximum absolute atomic E-state index is 5.98. The predicted molar refractivity (Wildman–Crippen MR) is 54.2 cm³/mol. The van der Waals surface area contributed by atoms with Crippen LogP contribution < -0.4 is 9.96 Å². The summed E-state index contributed by atoms with van der Waals surface area (Å²) in [5.74, 6) is 0. The highest BCUT2D eigenvalue weighted by molar-refractivity contribution is 6.82. The summed E-state index contributed by atoms with van der Waals surface area (Å²) in [5, 5.41) is 0. The third-order valence-corrected chi connectivity index (χ3v) is 7.46. The zero-order valence-corrected chi connectivity index (χ0v) is 10.4. The van der Waals surface area contributed by atoms with Crippen molar-refractivity contribution in [1.29, 1.82) is 0 Å². The lowest BCUT2D eigenvalue weighted by atomic mass is 11.6. The third-order valence-electron chi connectivity index (χ3n) is 1.46. The number of hydrogen-bond acceptors (Lipinski definition) is 3. The summed E-state index contributed by atoms with van der Waals surface area (Å²) in [6.07, 6.45) is 0. The van der Waals surface area contributed by atoms with Gasteiger partial charge in [0.1, 0.15) is 0 Å². The van der Waals surface area contributed by atoms with Gasteiger partial charge >= 0.3 is 8.64 Å². The standard InChI is InChI=1S/C6H20N2OSi2/c1-7-11(6,8-2)9-10(3,4)5/h7-8H,1-6H3. The van der Waals surface area contributed by atoms with E-state index in [2.05, 4.69) is 36.2 Å². The monoisotopic (exact) mass is 192 g/mol. The van der Waals surface area contributed by atoms with E-state index in [1.165, 1.54) is 0 Å². The van der Waals surface area contributed by atoms with Crippen molar-refractivity contribution in [2.75, 3.05) is 14.1 Å². The average molecular weight is 192 g/mol. The summed E-state index contributed by atoms with van der Waals surface area (Å²) in [5.41, 5.74) is 0. The van der Waals surface area contributed by atoms with Gasteiger partial charge in [-0.05, 0) is 40.3 Å². The lowest BCUT2D eigenvalue weighted by Gasteiger charge is -2.32. The van der Waals surface area contributed by atoms with Crippen LogP contribution in [0.3, 0.4) is 0 Å². The second-order valence-electron chi connectivity index (χ2n) is 3.75. The molecular weight excluding hydrogens is 172 g/mol. The van der Waals surface area contributed by atoms with Crippen LogP contribution in [0.25, 0.3) is 0 Å². The van der Waals surface area contributed by atoms with Crippen molar-refractivity contribution < 1.29 is 4.12 Å². The van der Waals surface area contributed by atoms with Crippen LogP contribution in [0.4, 0.5) is 0 Å². The van der Waals surface area contributed by atoms with Gasteiger partial charge in [-0.3, -0.25) is 0 Å². The molecular formula is C6H20N2OSi2. The van der Waals surface area contributed by atoms with Crippen LogP contribution in [0.15, 0.2) is 0 Å². The lowest BCUT2D eigenvalue weighted by molar-refractivity contribution is 0.510. The Morgan fingerprint density at radius 2 is 1.27 bits per heavy atom. The van der Waals surface area contributed by atoms with Crippen molar-refractivity contribution >= 4 is 17.0 Å². The Labute approximate surface area is 71.9 Å². The molecule has 0 amide bonds. The second kappa shape index (κ2) is 3.82. The molecule has 0 spiro atoms. The zero-order chi connectivity index (χ0) is 9.12. The smallest absolute Gasteiger partial charge is 0.337 e. The molecule has 0 aromatic carbocycles. The fraction of sp³-hybridized carbons (Fsp3) is 1.00. The number of rotatable bonds is 4. The van der Waals surface area contributed by atoms with Gasteiger partial charge in [0.05, 0.1) is 0 Å². The molecule has 0 heterocycles. The molecule has 0 aromatic heterocycles. The molecule has 0 aromatic rings. The van der Waals surface area contributed by atoms with E-state index in [-0.39, 0.29) is 0 Å². The quantitative estimate of drug-likeness (QED) is 0.648. The number of hydrogen-bond donors (Lipinski definition) is 2. The highest BCUT2D eigenvalue weighted by atomic mass is 28.4. The first kappa shape index (κ1) is 11.3. The Morgan fingerprint density at radius 1 is 0.909 bits per heavy atom. The molecule has 5 heteroatoms. The molecule has 0 saturated heterocycles. The summed E-state index contributed by atoms with van der Waals surface area (Å²) in [4.78, 5) is 6.45. The normalized spacial score (nSPS) is 13.6. The summed E-state index contributed by atoms with van der Waals surface area (Å²) < 4.78 is 5.98. The van der Waals surface area contributed by atoms with Crippen LogP contribution in [0.2, 0.25) is 26.2 Å². The fourth-order valence-corrected chi connectivity index (χ4v) is 6.80. The maximum Gasteiger partial charge on any atom is 0.337 e. The molecule has 0 unspecified atom stereocenters. The van der Waals surface area contributed by atoms with Gasteiger partial charge in [-0.2, -0.15) is 0 Å². The van der Waals surface area contributed by atoms with Gasteiger partial charge in [0.25, 0.3) is 0 Å². The Bertz CT molecular complexity index is 120. The van der Waals surface area contributed by atoms with E-state index in [0.29, 0.717) is 0 Å². The van der Waals surface area contributed by atoms with E-state index in [1.54, 1.807) is 0 Å². The van der Waals surface area contributed by atoms with E-state index < -0.39 is 17.0 Å². The van der Waals surface area contributed by atoms with Crippen molar-refractivity contribution in [2.45, 2.75) is 26.2 Å². The summed E-state index contributed by atoms with van der Waals surface area (Å²) in [6.45, 7) is 8.73. The van der Waals surface area contributed by atoms with E-state index in [9.17, 15) is 0 Å². The lowest BCUT2D eigenvalue weighted by Crippen LogP contribution is -2.63. The van der Waals surface area contributed by atoms with Crippen LogP contribution in [0.1, 0.15) is 0 Å². The minimum Gasteiger partial charge on any atom is -0.434 e. The largest absolute Gasteiger partial charge is 0.434 e. The van der Waals surface area contributed by atoms with Crippen LogP contribution in [0, 0.1) is 0 Å². The molecule has 0 aliphatic carbocycles. The van der Waals surface area contributed by atoms with Gasteiger partial charge in [0.2, 0.25) is 0 Å². The zero-order valence-electron chi connectivity index (χ0n) is 8.41. The first-order valence-corrected chi connectivity index (χ1v) is 9.72. The van der Waals surface area contributed by atoms with Gasteiger partial charge < -0.3 is 14.1 Å². The SMILES string of the molecule is CN[Si](C)(NC)O[Si](C)(C)C. The molecule has 0 atom stereocenters. The molecule has 3 nitrogen and oxygen atoms in total. The minimum absolute atomic E-state index is 1.40. The molecule has 2 N–H and O–H groups in total. The molecule has 0 aliphatic rings. The van der Waals surface area contributed by atoms with Crippen molar-refractivity contribution in [3.8, 4) is 0 Å². The van der Waals surface area contributed by atoms with Gasteiger partial charge in [0, 0.05) is 0 Å². The third kappa shape index (κ3) is 4.70. The minimum atomic E-state index is -1.77. The summed E-state index contributed by atoms with van der Waals surface area (Å²) in [6, 6.07) is 0. The van der Waals surface area contributed by atoms with Crippen LogP contribution in [-0.2, 0) is 4.12 Å². The average Bonchev–Trinajstić information content (AvgIpc) is 1.84. The van der Waals surface area contributed by atoms with E-state index in [0.717, 1.165) is 0 Å². The van der Waals surface area contributed by atoms with Gasteiger partial charge in [0.15, 0.2) is 8.32 Å². The molecule has 11 heavy (non-hydrogen) atoms. The summed E-state index contributed by atoms with van der Waals surface area (Å²) in [7, 11) is 0.726. The molecule has 0 radical (unpaired) electrons. The first-order chi connectivity index (χ1) is 4.83. The number of nitrogens with one attached hydrogen (secondary N) is 2. The van der Waals surface area contributed by atoms with E-state index >= 15 is 0 Å². The van der Waals surface area contributed by atoms with Gasteiger partial charge in [-0.15, -0.1) is 0 Å². The molecule has 0 saturated carbocycles. The Kier molecular flexibility index (Phi) is 3.92. The molecule has 0 bridgehead atoms. The Hall–Kier alpha value is 0.314. The van der Waals surface area contributed by atoms with Crippen LogP contribution in [-0.4, -0.2) is 31.1 Å². The highest BCUT2D eigenvalue weighted by Gasteiger charge is 2.32. The van der Waals surface area contributed by atoms with Crippen LogP contribution >= 0.6 is 0 Å². The van der Waals surface area contributed by atoms with Crippen molar-refractivity contribution in [3.63, 3.8) is 0 Å². The first-order valence-electron chi connectivity index (χ1n) is 3.91. The molecule has 0 aliphatic heterocycles. The molecule has 68 valence electrons. The summed E-state index contributed by atoms with van der Waals surface area (Å²) >= 11 is 0. The van der Waals surface area contributed by atoms with Gasteiger partial charge in [-0.1, -0.05) is 0 Å². The van der Waals surface area contributed by atoms with Crippen LogP contribution in [0.5, 0.6) is 0 Å². The fourth-order valence-electron chi connectivity index (χ4n) is 0.839. The van der Waals surface area contributed by atoms with Crippen molar-refractivity contribution in [3.05, 3.63) is 0 Å². The Balaban J connectivity index is 4.08. The highest BCUT2D eigenvalue weighted by Crippen LogP contribution is 2.08. The van der Waals surface area contributed by atoms with E-state index in [4.69, 9.17) is 4.12 Å². The topological polar surface area (TPSA) is 33.3 Å².